The van der Waals surface area contributed by atoms with Gasteiger partial charge < -0.3 is 15.2 Å². The first-order chi connectivity index (χ1) is 7.76. The van der Waals surface area contributed by atoms with Crippen molar-refractivity contribution in [2.45, 2.75) is 33.1 Å². The van der Waals surface area contributed by atoms with E-state index >= 15 is 0 Å². The fraction of sp³-hybridized carbons (Fsp3) is 0.846. The summed E-state index contributed by atoms with van der Waals surface area (Å²) in [7, 11) is 0. The molecule has 3 nitrogen and oxygen atoms in total. The highest BCUT2D eigenvalue weighted by atomic mass is 16.5. The van der Waals surface area contributed by atoms with E-state index in [1.807, 2.05) is 0 Å². The quantitative estimate of drug-likeness (QED) is 0.651. The second-order valence-electron chi connectivity index (χ2n) is 4.67. The van der Waals surface area contributed by atoms with Crippen molar-refractivity contribution in [2.24, 2.45) is 5.41 Å². The summed E-state index contributed by atoms with van der Waals surface area (Å²) in [6.07, 6.45) is 5.32. The van der Waals surface area contributed by atoms with Crippen LogP contribution in [0.15, 0.2) is 11.6 Å². The molecule has 0 radical (unpaired) electrons. The summed E-state index contributed by atoms with van der Waals surface area (Å²) < 4.78 is 5.39. The highest BCUT2D eigenvalue weighted by molar-refractivity contribution is 5.06. The Labute approximate surface area is 98.9 Å². The Bertz CT molecular complexity index is 214. The molecular formula is C13H25NO2. The molecule has 0 aromatic heterocycles. The Morgan fingerprint density at radius 1 is 1.44 bits per heavy atom. The Morgan fingerprint density at radius 2 is 2.19 bits per heavy atom. The zero-order chi connectivity index (χ0) is 11.9. The van der Waals surface area contributed by atoms with Crippen molar-refractivity contribution in [1.82, 2.24) is 5.32 Å². The Kier molecular flexibility index (Phi) is 6.03. The zero-order valence-electron chi connectivity index (χ0n) is 10.6. The second-order valence-corrected chi connectivity index (χ2v) is 4.67. The van der Waals surface area contributed by atoms with Crippen LogP contribution in [-0.2, 0) is 4.74 Å². The maximum absolute atomic E-state index is 9.43. The number of hydrogen-bond acceptors (Lipinski definition) is 3. The molecule has 0 bridgehead atoms. The van der Waals surface area contributed by atoms with Gasteiger partial charge in [-0.2, -0.15) is 0 Å². The molecule has 16 heavy (non-hydrogen) atoms. The van der Waals surface area contributed by atoms with Crippen LogP contribution in [0.5, 0.6) is 0 Å². The minimum absolute atomic E-state index is 0.0517. The highest BCUT2D eigenvalue weighted by Gasteiger charge is 2.24. The van der Waals surface area contributed by atoms with Gasteiger partial charge in [0.2, 0.25) is 0 Å². The summed E-state index contributed by atoms with van der Waals surface area (Å²) >= 11 is 0. The van der Waals surface area contributed by atoms with Crippen LogP contribution >= 0.6 is 0 Å². The van der Waals surface area contributed by atoms with Crippen molar-refractivity contribution in [3.63, 3.8) is 0 Å². The van der Waals surface area contributed by atoms with Gasteiger partial charge in [-0.1, -0.05) is 19.9 Å². The minimum Gasteiger partial charge on any atom is -0.396 e. The third-order valence-corrected chi connectivity index (χ3v) is 3.67. The number of hydrogen-bond donors (Lipinski definition) is 2. The van der Waals surface area contributed by atoms with E-state index in [4.69, 9.17) is 4.74 Å². The summed E-state index contributed by atoms with van der Waals surface area (Å²) in [5, 5.41) is 12.9. The SMILES string of the molecule is CCC(CC)(CO)CNCC1=CCCOC1. The largest absolute Gasteiger partial charge is 0.396 e. The van der Waals surface area contributed by atoms with Crippen LogP contribution < -0.4 is 5.32 Å². The number of aliphatic hydroxyl groups is 1. The van der Waals surface area contributed by atoms with E-state index in [9.17, 15) is 5.11 Å². The molecule has 94 valence electrons. The van der Waals surface area contributed by atoms with Gasteiger partial charge in [0, 0.05) is 25.1 Å². The molecule has 0 saturated carbocycles. The first-order valence-corrected chi connectivity index (χ1v) is 6.33. The van der Waals surface area contributed by atoms with Crippen LogP contribution in [-0.4, -0.2) is 38.0 Å². The fourth-order valence-electron chi connectivity index (χ4n) is 2.00. The van der Waals surface area contributed by atoms with E-state index in [2.05, 4.69) is 25.2 Å². The molecular weight excluding hydrogens is 202 g/mol. The first-order valence-electron chi connectivity index (χ1n) is 6.33. The van der Waals surface area contributed by atoms with Gasteiger partial charge in [-0.05, 0) is 24.8 Å². The lowest BCUT2D eigenvalue weighted by Gasteiger charge is -2.30. The topological polar surface area (TPSA) is 41.5 Å². The molecule has 0 aromatic rings. The lowest BCUT2D eigenvalue weighted by atomic mass is 9.83. The lowest BCUT2D eigenvalue weighted by Crippen LogP contribution is -2.37. The molecule has 1 heterocycles. The van der Waals surface area contributed by atoms with Gasteiger partial charge in [-0.25, -0.2) is 0 Å². The maximum atomic E-state index is 9.43. The molecule has 1 rings (SSSR count). The van der Waals surface area contributed by atoms with Crippen molar-refractivity contribution in [1.29, 1.82) is 0 Å². The molecule has 0 saturated heterocycles. The molecule has 0 atom stereocenters. The average molecular weight is 227 g/mol. The van der Waals surface area contributed by atoms with Gasteiger partial charge in [0.1, 0.15) is 0 Å². The van der Waals surface area contributed by atoms with Crippen LogP contribution in [0.25, 0.3) is 0 Å². The normalized spacial score (nSPS) is 17.3. The van der Waals surface area contributed by atoms with E-state index in [1.54, 1.807) is 0 Å². The molecule has 1 aliphatic rings. The number of aliphatic hydroxyl groups excluding tert-OH is 1. The smallest absolute Gasteiger partial charge is 0.0689 e. The van der Waals surface area contributed by atoms with E-state index < -0.39 is 0 Å². The Morgan fingerprint density at radius 3 is 2.69 bits per heavy atom. The number of nitrogens with one attached hydrogen (secondary N) is 1. The minimum atomic E-state index is 0.0517. The van der Waals surface area contributed by atoms with E-state index in [0.29, 0.717) is 0 Å². The molecule has 0 aromatic carbocycles. The van der Waals surface area contributed by atoms with Crippen molar-refractivity contribution in [3.8, 4) is 0 Å². The molecule has 0 amide bonds. The first kappa shape index (κ1) is 13.7. The van der Waals surface area contributed by atoms with Crippen molar-refractivity contribution in [3.05, 3.63) is 11.6 Å². The van der Waals surface area contributed by atoms with E-state index in [1.165, 1.54) is 5.57 Å². The molecule has 0 aliphatic carbocycles. The predicted molar refractivity (Wildman–Crippen MR) is 66.5 cm³/mol. The van der Waals surface area contributed by atoms with Crippen molar-refractivity contribution >= 4 is 0 Å². The third kappa shape index (κ3) is 3.89. The molecule has 1 aliphatic heterocycles. The van der Waals surface area contributed by atoms with Crippen molar-refractivity contribution in [2.75, 3.05) is 32.9 Å². The van der Waals surface area contributed by atoms with Crippen LogP contribution in [0.2, 0.25) is 0 Å². The summed E-state index contributed by atoms with van der Waals surface area (Å²) in [4.78, 5) is 0. The van der Waals surface area contributed by atoms with Crippen molar-refractivity contribution < 1.29 is 9.84 Å². The molecule has 0 unspecified atom stereocenters. The lowest BCUT2D eigenvalue weighted by molar-refractivity contribution is 0.112. The second kappa shape index (κ2) is 7.05. The maximum Gasteiger partial charge on any atom is 0.0689 e. The van der Waals surface area contributed by atoms with Gasteiger partial charge >= 0.3 is 0 Å². The van der Waals surface area contributed by atoms with Gasteiger partial charge in [-0.3, -0.25) is 0 Å². The monoisotopic (exact) mass is 227 g/mol. The van der Waals surface area contributed by atoms with Crippen LogP contribution in [0, 0.1) is 5.41 Å². The zero-order valence-corrected chi connectivity index (χ0v) is 10.6. The summed E-state index contributed by atoms with van der Waals surface area (Å²) in [5.41, 5.74) is 1.39. The molecule has 0 spiro atoms. The third-order valence-electron chi connectivity index (χ3n) is 3.67. The van der Waals surface area contributed by atoms with Gasteiger partial charge in [0.15, 0.2) is 0 Å². The van der Waals surface area contributed by atoms with Gasteiger partial charge in [0.05, 0.1) is 13.2 Å². The van der Waals surface area contributed by atoms with E-state index in [-0.39, 0.29) is 12.0 Å². The van der Waals surface area contributed by atoms with Gasteiger partial charge in [-0.15, -0.1) is 0 Å². The summed E-state index contributed by atoms with van der Waals surface area (Å²) in [6.45, 7) is 7.94. The standard InChI is InChI=1S/C13H25NO2/c1-3-13(4-2,11-15)10-14-8-12-6-5-7-16-9-12/h6,14-15H,3-5,7-11H2,1-2H3. The molecule has 2 N–H and O–H groups in total. The Hall–Kier alpha value is -0.380. The predicted octanol–water partition coefficient (Wildman–Crippen LogP) is 1.72. The van der Waals surface area contributed by atoms with Crippen LogP contribution in [0.1, 0.15) is 33.1 Å². The van der Waals surface area contributed by atoms with Crippen LogP contribution in [0.3, 0.4) is 0 Å². The van der Waals surface area contributed by atoms with Gasteiger partial charge in [0.25, 0.3) is 0 Å². The molecule has 3 heteroatoms. The number of rotatable bonds is 7. The van der Waals surface area contributed by atoms with Crippen LogP contribution in [0.4, 0.5) is 0 Å². The summed E-state index contributed by atoms with van der Waals surface area (Å²) in [5.74, 6) is 0. The summed E-state index contributed by atoms with van der Waals surface area (Å²) in [6, 6.07) is 0. The highest BCUT2D eigenvalue weighted by Crippen LogP contribution is 2.24. The molecule has 0 fully saturated rings. The van der Waals surface area contributed by atoms with E-state index in [0.717, 1.165) is 45.6 Å². The Balaban J connectivity index is 2.29. The fourth-order valence-corrected chi connectivity index (χ4v) is 2.00. The number of ether oxygens (including phenoxy) is 1. The average Bonchev–Trinajstić information content (AvgIpc) is 2.37.